The van der Waals surface area contributed by atoms with Gasteiger partial charge in [-0.2, -0.15) is 5.10 Å². The maximum absolute atomic E-state index is 12.0. The SMILES string of the molecule is COc1ccc2ccccc2c1/C=N/NC(=O)CSc1ccc(Cl)cc1. The molecule has 0 saturated heterocycles. The van der Waals surface area contributed by atoms with E-state index in [1.165, 1.54) is 11.8 Å². The number of ether oxygens (including phenoxy) is 1. The normalized spacial score (nSPS) is 11.0. The third-order valence-corrected chi connectivity index (χ3v) is 4.98. The Kier molecular flexibility index (Phi) is 6.15. The number of nitrogens with one attached hydrogen (secondary N) is 1. The van der Waals surface area contributed by atoms with Gasteiger partial charge >= 0.3 is 0 Å². The number of fused-ring (bicyclic) bond motifs is 1. The summed E-state index contributed by atoms with van der Waals surface area (Å²) in [5.41, 5.74) is 3.39. The molecule has 0 spiro atoms. The molecule has 0 aromatic heterocycles. The first kappa shape index (κ1) is 18.3. The molecule has 0 bridgehead atoms. The topological polar surface area (TPSA) is 50.7 Å². The largest absolute Gasteiger partial charge is 0.496 e. The fraction of sp³-hybridized carbons (Fsp3) is 0.100. The van der Waals surface area contributed by atoms with Crippen molar-refractivity contribution in [3.63, 3.8) is 0 Å². The first-order valence-corrected chi connectivity index (χ1v) is 9.30. The van der Waals surface area contributed by atoms with Gasteiger partial charge in [0.05, 0.1) is 19.1 Å². The number of methoxy groups -OCH3 is 1. The molecule has 3 rings (SSSR count). The maximum Gasteiger partial charge on any atom is 0.250 e. The molecule has 6 heteroatoms. The highest BCUT2D eigenvalue weighted by Crippen LogP contribution is 2.26. The number of carbonyl (C=O) groups is 1. The van der Waals surface area contributed by atoms with Crippen molar-refractivity contribution in [3.05, 3.63) is 71.2 Å². The van der Waals surface area contributed by atoms with Gasteiger partial charge in [-0.05, 0) is 41.1 Å². The van der Waals surface area contributed by atoms with Crippen LogP contribution in [0.4, 0.5) is 0 Å². The molecule has 0 unspecified atom stereocenters. The number of nitrogens with zero attached hydrogens (tertiary/aromatic N) is 1. The predicted molar refractivity (Wildman–Crippen MR) is 108 cm³/mol. The second-order valence-corrected chi connectivity index (χ2v) is 6.92. The van der Waals surface area contributed by atoms with Crippen molar-refractivity contribution in [2.24, 2.45) is 5.10 Å². The van der Waals surface area contributed by atoms with Gasteiger partial charge in [0, 0.05) is 15.5 Å². The van der Waals surface area contributed by atoms with Gasteiger partial charge in [-0.25, -0.2) is 5.43 Å². The van der Waals surface area contributed by atoms with Crippen LogP contribution >= 0.6 is 23.4 Å². The maximum atomic E-state index is 12.0. The van der Waals surface area contributed by atoms with Crippen molar-refractivity contribution < 1.29 is 9.53 Å². The molecule has 0 radical (unpaired) electrons. The monoisotopic (exact) mass is 384 g/mol. The first-order valence-electron chi connectivity index (χ1n) is 7.93. The van der Waals surface area contributed by atoms with Gasteiger partial charge in [-0.3, -0.25) is 4.79 Å². The van der Waals surface area contributed by atoms with Gasteiger partial charge < -0.3 is 4.74 Å². The summed E-state index contributed by atoms with van der Waals surface area (Å²) in [6.07, 6.45) is 1.62. The van der Waals surface area contributed by atoms with Crippen LogP contribution in [0.25, 0.3) is 10.8 Å². The van der Waals surface area contributed by atoms with Crippen LogP contribution in [0, 0.1) is 0 Å². The molecule has 0 atom stereocenters. The molecular formula is C20H17ClN2O2S. The lowest BCUT2D eigenvalue weighted by atomic mass is 10.0. The number of benzene rings is 3. The van der Waals surface area contributed by atoms with E-state index in [0.29, 0.717) is 10.8 Å². The van der Waals surface area contributed by atoms with Gasteiger partial charge in [0.15, 0.2) is 0 Å². The Bertz CT molecular complexity index is 942. The molecule has 0 saturated carbocycles. The summed E-state index contributed by atoms with van der Waals surface area (Å²) in [6.45, 7) is 0. The average molecular weight is 385 g/mol. The Morgan fingerprint density at radius 3 is 2.69 bits per heavy atom. The van der Waals surface area contributed by atoms with E-state index in [9.17, 15) is 4.79 Å². The second kappa shape index (κ2) is 8.74. The molecular weight excluding hydrogens is 368 g/mol. The molecule has 3 aromatic rings. The van der Waals surface area contributed by atoms with Gasteiger partial charge in [-0.15, -0.1) is 11.8 Å². The van der Waals surface area contributed by atoms with E-state index < -0.39 is 0 Å². The predicted octanol–water partition coefficient (Wildman–Crippen LogP) is 4.74. The lowest BCUT2D eigenvalue weighted by Gasteiger charge is -2.08. The number of halogens is 1. The van der Waals surface area contributed by atoms with Crippen molar-refractivity contribution in [3.8, 4) is 5.75 Å². The lowest BCUT2D eigenvalue weighted by molar-refractivity contribution is -0.118. The zero-order chi connectivity index (χ0) is 18.4. The van der Waals surface area contributed by atoms with Crippen molar-refractivity contribution >= 4 is 46.3 Å². The number of carbonyl (C=O) groups excluding carboxylic acids is 1. The Morgan fingerprint density at radius 2 is 1.92 bits per heavy atom. The molecule has 0 fully saturated rings. The van der Waals surface area contributed by atoms with Crippen molar-refractivity contribution in [2.45, 2.75) is 4.90 Å². The molecule has 1 N–H and O–H groups in total. The molecule has 0 heterocycles. The highest BCUT2D eigenvalue weighted by atomic mass is 35.5. The van der Waals surface area contributed by atoms with E-state index in [1.807, 2.05) is 48.5 Å². The van der Waals surface area contributed by atoms with Crippen LogP contribution < -0.4 is 10.2 Å². The standard InChI is InChI=1S/C20H17ClN2O2S/c1-25-19-11-6-14-4-2-3-5-17(14)18(19)12-22-23-20(24)13-26-16-9-7-15(21)8-10-16/h2-12H,13H2,1H3,(H,23,24)/b22-12+. The number of hydrogen-bond acceptors (Lipinski definition) is 4. The Balaban J connectivity index is 1.65. The molecule has 26 heavy (non-hydrogen) atoms. The van der Waals surface area contributed by atoms with Crippen molar-refractivity contribution in [1.29, 1.82) is 0 Å². The van der Waals surface area contributed by atoms with Gasteiger partial charge in [0.1, 0.15) is 5.75 Å². The third-order valence-electron chi connectivity index (χ3n) is 3.72. The minimum atomic E-state index is -0.180. The van der Waals surface area contributed by atoms with Crippen LogP contribution in [0.1, 0.15) is 5.56 Å². The summed E-state index contributed by atoms with van der Waals surface area (Å²) in [7, 11) is 1.61. The molecule has 1 amide bonds. The molecule has 132 valence electrons. The van der Waals surface area contributed by atoms with E-state index in [2.05, 4.69) is 10.5 Å². The van der Waals surface area contributed by atoms with Gasteiger partial charge in [-0.1, -0.05) is 41.9 Å². The Morgan fingerprint density at radius 1 is 1.15 bits per heavy atom. The van der Waals surface area contributed by atoms with E-state index in [1.54, 1.807) is 25.5 Å². The molecule has 3 aromatic carbocycles. The summed E-state index contributed by atoms with van der Waals surface area (Å²) in [4.78, 5) is 13.0. The molecule has 0 aliphatic carbocycles. The minimum absolute atomic E-state index is 0.180. The third kappa shape index (κ3) is 4.56. The van der Waals surface area contributed by atoms with Gasteiger partial charge in [0.2, 0.25) is 5.91 Å². The number of amides is 1. The first-order chi connectivity index (χ1) is 12.7. The Labute approximate surface area is 161 Å². The van der Waals surface area contributed by atoms with Crippen LogP contribution in [0.5, 0.6) is 5.75 Å². The van der Waals surface area contributed by atoms with Crippen LogP contribution in [0.3, 0.4) is 0 Å². The van der Waals surface area contributed by atoms with Crippen LogP contribution in [0.2, 0.25) is 5.02 Å². The number of hydrazone groups is 1. The second-order valence-electron chi connectivity index (χ2n) is 5.44. The number of rotatable bonds is 6. The summed E-state index contributed by atoms with van der Waals surface area (Å²) >= 11 is 7.27. The van der Waals surface area contributed by atoms with E-state index in [0.717, 1.165) is 21.2 Å². The molecule has 0 aliphatic rings. The fourth-order valence-electron chi connectivity index (χ4n) is 2.47. The van der Waals surface area contributed by atoms with Crippen LogP contribution in [-0.4, -0.2) is 25.0 Å². The minimum Gasteiger partial charge on any atom is -0.496 e. The van der Waals surface area contributed by atoms with Crippen LogP contribution in [0.15, 0.2) is 70.7 Å². The van der Waals surface area contributed by atoms with Crippen LogP contribution in [-0.2, 0) is 4.79 Å². The Hall–Kier alpha value is -2.50. The van der Waals surface area contributed by atoms with E-state index >= 15 is 0 Å². The fourth-order valence-corrected chi connectivity index (χ4v) is 3.28. The summed E-state index contributed by atoms with van der Waals surface area (Å²) in [6, 6.07) is 19.2. The molecule has 4 nitrogen and oxygen atoms in total. The zero-order valence-corrected chi connectivity index (χ0v) is 15.7. The summed E-state index contributed by atoms with van der Waals surface area (Å²) in [5, 5.41) is 6.86. The summed E-state index contributed by atoms with van der Waals surface area (Å²) < 4.78 is 5.41. The highest BCUT2D eigenvalue weighted by Gasteiger charge is 2.06. The number of hydrogen-bond donors (Lipinski definition) is 1. The number of thioether (sulfide) groups is 1. The quantitative estimate of drug-likeness (QED) is 0.379. The lowest BCUT2D eigenvalue weighted by Crippen LogP contribution is -2.19. The van der Waals surface area contributed by atoms with Crippen molar-refractivity contribution in [1.82, 2.24) is 5.43 Å². The molecule has 0 aliphatic heterocycles. The van der Waals surface area contributed by atoms with E-state index in [-0.39, 0.29) is 11.7 Å². The average Bonchev–Trinajstić information content (AvgIpc) is 2.67. The van der Waals surface area contributed by atoms with E-state index in [4.69, 9.17) is 16.3 Å². The summed E-state index contributed by atoms with van der Waals surface area (Å²) in [5.74, 6) is 0.795. The zero-order valence-electron chi connectivity index (χ0n) is 14.1. The van der Waals surface area contributed by atoms with Crippen molar-refractivity contribution in [2.75, 3.05) is 12.9 Å². The highest BCUT2D eigenvalue weighted by molar-refractivity contribution is 8.00. The smallest absolute Gasteiger partial charge is 0.250 e. The van der Waals surface area contributed by atoms with Gasteiger partial charge in [0.25, 0.3) is 0 Å².